The molecule has 1 N–H and O–H groups in total. The Hall–Kier alpha value is -3.91. The third-order valence-corrected chi connectivity index (χ3v) is 5.60. The van der Waals surface area contributed by atoms with Crippen LogP contribution in [-0.2, 0) is 4.79 Å². The average molecular weight is 583 g/mol. The molecule has 0 aromatic heterocycles. The molecule has 0 unspecified atom stereocenters. The highest BCUT2D eigenvalue weighted by atomic mass is 127. The lowest BCUT2D eigenvalue weighted by molar-refractivity contribution is -0.384. The number of aryl methyl sites for hydroxylation is 1. The Kier molecular flexibility index (Phi) is 8.80. The van der Waals surface area contributed by atoms with Gasteiger partial charge in [0.25, 0.3) is 11.6 Å². The fourth-order valence-electron chi connectivity index (χ4n) is 3.24. The second kappa shape index (κ2) is 12.0. The van der Waals surface area contributed by atoms with E-state index >= 15 is 0 Å². The zero-order valence-corrected chi connectivity index (χ0v) is 21.2. The summed E-state index contributed by atoms with van der Waals surface area (Å²) in [6.07, 6.45) is 1.67. The van der Waals surface area contributed by atoms with E-state index < -0.39 is 4.92 Å². The van der Waals surface area contributed by atoms with Gasteiger partial charge in [-0.2, -0.15) is 5.26 Å². The van der Waals surface area contributed by atoms with Crippen molar-refractivity contribution in [1.82, 2.24) is 0 Å². The lowest BCUT2D eigenvalue weighted by Crippen LogP contribution is -2.20. The molecule has 0 saturated heterocycles. The number of non-ortho nitro benzene ring substituents is 1. The summed E-state index contributed by atoms with van der Waals surface area (Å²) in [5, 5.41) is 23.3. The van der Waals surface area contributed by atoms with E-state index in [2.05, 4.69) is 34.0 Å². The van der Waals surface area contributed by atoms with Crippen LogP contribution in [0.4, 0.5) is 11.4 Å². The minimum Gasteiger partial charge on any atom is -0.490 e. The zero-order valence-electron chi connectivity index (χ0n) is 19.1. The summed E-state index contributed by atoms with van der Waals surface area (Å²) in [6.45, 7) is 3.95. The van der Waals surface area contributed by atoms with Gasteiger partial charge in [0.2, 0.25) is 0 Å². The lowest BCUT2D eigenvalue weighted by Gasteiger charge is -2.15. The first-order valence-electron chi connectivity index (χ1n) is 10.6. The quantitative estimate of drug-likeness (QED) is 0.109. The number of allylic oxidation sites excluding steroid dienone is 1. The third kappa shape index (κ3) is 7.04. The largest absolute Gasteiger partial charge is 0.490 e. The minimum atomic E-state index is -0.490. The van der Waals surface area contributed by atoms with Crippen LogP contribution in [0.25, 0.3) is 11.6 Å². The van der Waals surface area contributed by atoms with Gasteiger partial charge >= 0.3 is 0 Å². The normalized spacial score (nSPS) is 10.9. The van der Waals surface area contributed by atoms with E-state index in [1.54, 1.807) is 24.3 Å². The van der Waals surface area contributed by atoms with Crippen LogP contribution in [0.2, 0.25) is 0 Å². The first-order valence-corrected chi connectivity index (χ1v) is 11.7. The fraction of sp³-hybridized carbons (Fsp3) is 0.154. The Balaban J connectivity index is 1.81. The number of nitrogens with zero attached hydrogens (tertiary/aromatic N) is 2. The highest BCUT2D eigenvalue weighted by Gasteiger charge is 2.15. The first-order chi connectivity index (χ1) is 16.8. The van der Waals surface area contributed by atoms with Crippen molar-refractivity contribution in [3.05, 3.63) is 91.0 Å². The fourth-order valence-corrected chi connectivity index (χ4v) is 4.02. The number of hydrogen-bond acceptors (Lipinski definition) is 6. The van der Waals surface area contributed by atoms with Crippen molar-refractivity contribution >= 4 is 51.5 Å². The van der Waals surface area contributed by atoms with Gasteiger partial charge in [-0.05, 0) is 95.6 Å². The van der Waals surface area contributed by atoms with E-state index in [4.69, 9.17) is 9.47 Å². The van der Waals surface area contributed by atoms with E-state index in [0.717, 1.165) is 5.56 Å². The zero-order chi connectivity index (χ0) is 25.4. The van der Waals surface area contributed by atoms with E-state index in [0.29, 0.717) is 44.1 Å². The number of ether oxygens (including phenoxy) is 2. The molecule has 1 amide bonds. The van der Waals surface area contributed by atoms with Gasteiger partial charge in [-0.15, -0.1) is 0 Å². The maximum absolute atomic E-state index is 12.4. The standard InChI is InChI=1S/C26H22IN3O5/c1-3-34-24-14-18(12-20(15-28)19-7-9-22(10-8-19)30(32)33)13-23(27)26(24)35-16-25(31)29-21-6-4-5-17(2)11-21/h4-14H,3,16H2,1-2H3,(H,29,31)/b20-12+. The summed E-state index contributed by atoms with van der Waals surface area (Å²) in [6, 6.07) is 18.9. The molecule has 3 aromatic carbocycles. The monoisotopic (exact) mass is 583 g/mol. The van der Waals surface area contributed by atoms with Crippen LogP contribution in [0.15, 0.2) is 60.7 Å². The second-order valence-electron chi connectivity index (χ2n) is 7.44. The molecule has 0 aliphatic rings. The van der Waals surface area contributed by atoms with Crippen LogP contribution in [0.5, 0.6) is 11.5 Å². The summed E-state index contributed by atoms with van der Waals surface area (Å²) < 4.78 is 12.2. The molecule has 3 aromatic rings. The molecular weight excluding hydrogens is 561 g/mol. The Morgan fingerprint density at radius 3 is 2.54 bits per heavy atom. The van der Waals surface area contributed by atoms with Gasteiger partial charge in [0, 0.05) is 17.8 Å². The van der Waals surface area contributed by atoms with Crippen molar-refractivity contribution in [3.63, 3.8) is 0 Å². The number of carbonyl (C=O) groups excluding carboxylic acids is 1. The molecule has 0 spiro atoms. The Morgan fingerprint density at radius 1 is 1.17 bits per heavy atom. The molecule has 35 heavy (non-hydrogen) atoms. The Morgan fingerprint density at radius 2 is 1.91 bits per heavy atom. The van der Waals surface area contributed by atoms with Gasteiger partial charge in [-0.25, -0.2) is 0 Å². The number of carbonyl (C=O) groups is 1. The van der Waals surface area contributed by atoms with Crippen LogP contribution in [-0.4, -0.2) is 24.0 Å². The first kappa shape index (κ1) is 25.7. The molecule has 9 heteroatoms. The van der Waals surface area contributed by atoms with Crippen molar-refractivity contribution in [1.29, 1.82) is 5.26 Å². The predicted molar refractivity (Wildman–Crippen MR) is 142 cm³/mol. The molecular formula is C26H22IN3O5. The number of benzene rings is 3. The number of nitriles is 1. The van der Waals surface area contributed by atoms with Crippen molar-refractivity contribution < 1.29 is 19.2 Å². The van der Waals surface area contributed by atoms with E-state index in [1.807, 2.05) is 32.0 Å². The van der Waals surface area contributed by atoms with E-state index in [-0.39, 0.29) is 18.2 Å². The number of nitro groups is 1. The third-order valence-electron chi connectivity index (χ3n) is 4.80. The van der Waals surface area contributed by atoms with Crippen molar-refractivity contribution in [3.8, 4) is 17.6 Å². The molecule has 0 heterocycles. The predicted octanol–water partition coefficient (Wildman–Crippen LogP) is 5.99. The summed E-state index contributed by atoms with van der Waals surface area (Å²) in [5.74, 6) is 0.565. The molecule has 0 radical (unpaired) electrons. The van der Waals surface area contributed by atoms with Crippen molar-refractivity contribution in [2.24, 2.45) is 0 Å². The summed E-state index contributed by atoms with van der Waals surface area (Å²) in [4.78, 5) is 22.8. The van der Waals surface area contributed by atoms with E-state index in [9.17, 15) is 20.2 Å². The number of nitro benzene ring substituents is 1. The molecule has 3 rings (SSSR count). The molecule has 0 aliphatic carbocycles. The maximum atomic E-state index is 12.4. The topological polar surface area (TPSA) is 114 Å². The van der Waals surface area contributed by atoms with Crippen LogP contribution < -0.4 is 14.8 Å². The lowest BCUT2D eigenvalue weighted by atomic mass is 10.0. The maximum Gasteiger partial charge on any atom is 0.269 e. The van der Waals surface area contributed by atoms with Gasteiger partial charge in [0.15, 0.2) is 18.1 Å². The second-order valence-corrected chi connectivity index (χ2v) is 8.61. The van der Waals surface area contributed by atoms with Gasteiger partial charge in [-0.1, -0.05) is 12.1 Å². The van der Waals surface area contributed by atoms with Gasteiger partial charge < -0.3 is 14.8 Å². The number of nitrogens with one attached hydrogen (secondary N) is 1. The molecule has 0 aliphatic heterocycles. The SMILES string of the molecule is CCOc1cc(/C=C(\C#N)c2ccc([N+](=O)[O-])cc2)cc(I)c1OCC(=O)Nc1cccc(C)c1. The summed E-state index contributed by atoms with van der Waals surface area (Å²) in [5.41, 5.74) is 3.25. The number of amides is 1. The van der Waals surface area contributed by atoms with Crippen LogP contribution in [0.1, 0.15) is 23.6 Å². The number of anilines is 1. The van der Waals surface area contributed by atoms with E-state index in [1.165, 1.54) is 24.3 Å². The Bertz CT molecular complexity index is 1310. The van der Waals surface area contributed by atoms with Crippen LogP contribution in [0.3, 0.4) is 0 Å². The van der Waals surface area contributed by atoms with Crippen LogP contribution >= 0.6 is 22.6 Å². The molecule has 0 fully saturated rings. The number of halogens is 1. The average Bonchev–Trinajstić information content (AvgIpc) is 2.82. The highest BCUT2D eigenvalue weighted by molar-refractivity contribution is 14.1. The molecule has 0 atom stereocenters. The Labute approximate surface area is 216 Å². The van der Waals surface area contributed by atoms with Crippen LogP contribution in [0, 0.1) is 31.9 Å². The van der Waals surface area contributed by atoms with Gasteiger partial charge in [0.1, 0.15) is 0 Å². The van der Waals surface area contributed by atoms with Gasteiger partial charge in [-0.3, -0.25) is 14.9 Å². The molecule has 178 valence electrons. The number of rotatable bonds is 9. The minimum absolute atomic E-state index is 0.0489. The summed E-state index contributed by atoms with van der Waals surface area (Å²) >= 11 is 2.09. The summed E-state index contributed by atoms with van der Waals surface area (Å²) in [7, 11) is 0. The molecule has 0 bridgehead atoms. The van der Waals surface area contributed by atoms with Gasteiger partial charge in [0.05, 0.1) is 26.7 Å². The molecule has 8 nitrogen and oxygen atoms in total. The number of hydrogen-bond donors (Lipinski definition) is 1. The smallest absolute Gasteiger partial charge is 0.269 e. The highest BCUT2D eigenvalue weighted by Crippen LogP contribution is 2.35. The molecule has 0 saturated carbocycles. The van der Waals surface area contributed by atoms with Crippen molar-refractivity contribution in [2.75, 3.05) is 18.5 Å². The van der Waals surface area contributed by atoms with Crippen molar-refractivity contribution in [2.45, 2.75) is 13.8 Å².